The quantitative estimate of drug-likeness (QED) is 0.311. The van der Waals surface area contributed by atoms with Crippen LogP contribution in [0.25, 0.3) is 5.52 Å². The molecule has 1 aromatic carbocycles. The van der Waals surface area contributed by atoms with Gasteiger partial charge in [-0.15, -0.1) is 0 Å². The third-order valence-electron chi connectivity index (χ3n) is 5.98. The number of amides is 1. The van der Waals surface area contributed by atoms with Crippen LogP contribution in [-0.2, 0) is 0 Å². The molecule has 1 aliphatic rings. The van der Waals surface area contributed by atoms with Gasteiger partial charge in [-0.1, -0.05) is 0 Å². The number of halogens is 2. The summed E-state index contributed by atoms with van der Waals surface area (Å²) in [6, 6.07) is 10.2. The SMILES string of the molecule is N=C(SC(N)=NC(=O)c1cnn2ccc(N3CCC[C@@H]3c3cc(F)ccc3F)cc12)c1cccnc1. The second kappa shape index (κ2) is 9.86. The van der Waals surface area contributed by atoms with Gasteiger partial charge >= 0.3 is 0 Å². The number of pyridine rings is 2. The molecule has 1 saturated heterocycles. The molecular formula is C25H21F2N7OS. The molecule has 8 nitrogen and oxygen atoms in total. The van der Waals surface area contributed by atoms with E-state index in [-0.39, 0.29) is 21.8 Å². The van der Waals surface area contributed by atoms with E-state index >= 15 is 0 Å². The zero-order valence-electron chi connectivity index (χ0n) is 18.9. The summed E-state index contributed by atoms with van der Waals surface area (Å²) in [5.74, 6) is -1.53. The van der Waals surface area contributed by atoms with E-state index < -0.39 is 17.5 Å². The van der Waals surface area contributed by atoms with Crippen molar-refractivity contribution in [2.24, 2.45) is 10.7 Å². The number of aromatic nitrogens is 3. The van der Waals surface area contributed by atoms with Gasteiger partial charge in [0.05, 0.1) is 23.3 Å². The maximum Gasteiger partial charge on any atom is 0.283 e. The van der Waals surface area contributed by atoms with E-state index in [1.54, 1.807) is 35.1 Å². The van der Waals surface area contributed by atoms with E-state index in [1.807, 2.05) is 11.0 Å². The molecule has 4 aromatic rings. The van der Waals surface area contributed by atoms with Crippen molar-refractivity contribution in [1.82, 2.24) is 14.6 Å². The van der Waals surface area contributed by atoms with Crippen LogP contribution >= 0.6 is 11.8 Å². The number of amidine groups is 1. The van der Waals surface area contributed by atoms with E-state index in [1.165, 1.54) is 18.5 Å². The number of thioether (sulfide) groups is 1. The van der Waals surface area contributed by atoms with Gasteiger partial charge in [0.15, 0.2) is 5.17 Å². The Kier molecular flexibility index (Phi) is 6.47. The van der Waals surface area contributed by atoms with Crippen LogP contribution < -0.4 is 10.6 Å². The van der Waals surface area contributed by atoms with Gasteiger partial charge in [-0.25, -0.2) is 13.3 Å². The molecule has 1 aliphatic heterocycles. The Labute approximate surface area is 209 Å². The molecule has 11 heteroatoms. The molecular weight excluding hydrogens is 484 g/mol. The number of hydrogen-bond acceptors (Lipinski definition) is 6. The van der Waals surface area contributed by atoms with Crippen molar-refractivity contribution < 1.29 is 13.6 Å². The summed E-state index contributed by atoms with van der Waals surface area (Å²) in [6.07, 6.45) is 7.73. The number of nitrogens with zero attached hydrogens (tertiary/aromatic N) is 5. The molecule has 3 aromatic heterocycles. The number of fused-ring (bicyclic) bond motifs is 1. The highest BCUT2D eigenvalue weighted by Crippen LogP contribution is 2.38. The second-order valence-electron chi connectivity index (χ2n) is 8.22. The topological polar surface area (TPSA) is 113 Å². The molecule has 0 saturated carbocycles. The lowest BCUT2D eigenvalue weighted by molar-refractivity contribution is 0.100. The van der Waals surface area contributed by atoms with Gasteiger partial charge in [0.1, 0.15) is 16.7 Å². The minimum Gasteiger partial charge on any atom is -0.378 e. The minimum absolute atomic E-state index is 0.0782. The van der Waals surface area contributed by atoms with E-state index in [0.717, 1.165) is 36.0 Å². The largest absolute Gasteiger partial charge is 0.378 e. The number of hydrogen-bond donors (Lipinski definition) is 2. The monoisotopic (exact) mass is 505 g/mol. The number of aliphatic imine (C=N–C) groups is 1. The zero-order valence-corrected chi connectivity index (χ0v) is 19.8. The first-order valence-electron chi connectivity index (χ1n) is 11.1. The normalized spacial score (nSPS) is 16.0. The van der Waals surface area contributed by atoms with Crippen LogP contribution in [0.5, 0.6) is 0 Å². The first-order valence-corrected chi connectivity index (χ1v) is 12.0. The third kappa shape index (κ3) is 4.69. The van der Waals surface area contributed by atoms with Crippen molar-refractivity contribution in [3.05, 3.63) is 95.6 Å². The molecule has 1 atom stereocenters. The van der Waals surface area contributed by atoms with Crippen LogP contribution in [0, 0.1) is 17.0 Å². The molecule has 0 aliphatic carbocycles. The van der Waals surface area contributed by atoms with Gasteiger partial charge in [-0.3, -0.25) is 15.2 Å². The van der Waals surface area contributed by atoms with Gasteiger partial charge in [0, 0.05) is 41.9 Å². The standard InChI is InChI=1S/C25H21F2N7OS/c26-16-5-6-20(27)18(11-16)21-4-2-9-33(21)17-7-10-34-22(12-17)19(14-31-34)24(35)32-25(29)36-23(28)15-3-1-8-30-13-15/h1,3,5-8,10-14,21,28H,2,4,9H2,(H2,29,32,35)/t21-/m1/s1. The second-order valence-corrected chi connectivity index (χ2v) is 9.25. The summed E-state index contributed by atoms with van der Waals surface area (Å²) >= 11 is 0.856. The van der Waals surface area contributed by atoms with Gasteiger partial charge in [-0.2, -0.15) is 10.1 Å². The highest BCUT2D eigenvalue weighted by atomic mass is 32.2. The Hall–Kier alpha value is -4.12. The van der Waals surface area contributed by atoms with Crippen molar-refractivity contribution in [2.75, 3.05) is 11.4 Å². The molecule has 0 bridgehead atoms. The molecule has 36 heavy (non-hydrogen) atoms. The fourth-order valence-electron chi connectivity index (χ4n) is 4.33. The van der Waals surface area contributed by atoms with Crippen LogP contribution in [0.2, 0.25) is 0 Å². The van der Waals surface area contributed by atoms with Gasteiger partial charge in [0.2, 0.25) is 0 Å². The fourth-order valence-corrected chi connectivity index (χ4v) is 4.90. The van der Waals surface area contributed by atoms with Gasteiger partial charge in [0.25, 0.3) is 5.91 Å². The number of carbonyl (C=O) groups is 1. The summed E-state index contributed by atoms with van der Waals surface area (Å²) < 4.78 is 29.9. The summed E-state index contributed by atoms with van der Waals surface area (Å²) in [4.78, 5) is 22.8. The van der Waals surface area contributed by atoms with Gasteiger partial charge < -0.3 is 10.6 Å². The van der Waals surface area contributed by atoms with Crippen LogP contribution in [0.1, 0.15) is 40.4 Å². The predicted molar refractivity (Wildman–Crippen MR) is 135 cm³/mol. The summed E-state index contributed by atoms with van der Waals surface area (Å²) in [7, 11) is 0. The van der Waals surface area contributed by atoms with E-state index in [9.17, 15) is 13.6 Å². The Morgan fingerprint density at radius 2 is 2.06 bits per heavy atom. The molecule has 5 rings (SSSR count). The van der Waals surface area contributed by atoms with Crippen molar-refractivity contribution in [1.29, 1.82) is 5.41 Å². The van der Waals surface area contributed by atoms with Crippen molar-refractivity contribution in [3.8, 4) is 0 Å². The number of benzene rings is 1. The first kappa shape index (κ1) is 23.6. The molecule has 0 spiro atoms. The molecule has 1 fully saturated rings. The average molecular weight is 506 g/mol. The minimum atomic E-state index is -0.597. The Morgan fingerprint density at radius 3 is 2.86 bits per heavy atom. The lowest BCUT2D eigenvalue weighted by atomic mass is 10.0. The molecule has 0 radical (unpaired) electrons. The van der Waals surface area contributed by atoms with Crippen LogP contribution in [0.3, 0.4) is 0 Å². The summed E-state index contributed by atoms with van der Waals surface area (Å²) in [5.41, 5.74) is 8.30. The molecule has 4 heterocycles. The number of carbonyl (C=O) groups excluding carboxylic acids is 1. The molecule has 3 N–H and O–H groups in total. The summed E-state index contributed by atoms with van der Waals surface area (Å²) in [5, 5.41) is 12.4. The van der Waals surface area contributed by atoms with Crippen LogP contribution in [-0.4, -0.2) is 37.3 Å². The highest BCUT2D eigenvalue weighted by molar-refractivity contribution is 8.26. The number of rotatable bonds is 4. The Balaban J connectivity index is 1.41. The Bertz CT molecular complexity index is 1490. The number of nitrogens with one attached hydrogen (secondary N) is 1. The van der Waals surface area contributed by atoms with Crippen molar-refractivity contribution in [3.63, 3.8) is 0 Å². The zero-order chi connectivity index (χ0) is 25.2. The summed E-state index contributed by atoms with van der Waals surface area (Å²) in [6.45, 7) is 0.659. The van der Waals surface area contributed by atoms with Crippen LogP contribution in [0.15, 0.2) is 72.2 Å². The van der Waals surface area contributed by atoms with E-state index in [0.29, 0.717) is 29.6 Å². The average Bonchev–Trinajstić information content (AvgIpc) is 3.53. The van der Waals surface area contributed by atoms with E-state index in [4.69, 9.17) is 11.1 Å². The number of nitrogens with two attached hydrogens (primary N) is 1. The maximum atomic E-state index is 14.5. The van der Waals surface area contributed by atoms with Crippen LogP contribution in [0.4, 0.5) is 14.5 Å². The van der Waals surface area contributed by atoms with Gasteiger partial charge in [-0.05, 0) is 67.1 Å². The molecule has 0 unspecified atom stereocenters. The third-order valence-corrected chi connectivity index (χ3v) is 6.72. The fraction of sp³-hybridized carbons (Fsp3) is 0.160. The maximum absolute atomic E-state index is 14.5. The number of anilines is 1. The lowest BCUT2D eigenvalue weighted by Crippen LogP contribution is -2.23. The first-order chi connectivity index (χ1) is 17.4. The smallest absolute Gasteiger partial charge is 0.283 e. The lowest BCUT2D eigenvalue weighted by Gasteiger charge is -2.27. The molecule has 182 valence electrons. The highest BCUT2D eigenvalue weighted by Gasteiger charge is 2.29. The molecule has 1 amide bonds. The van der Waals surface area contributed by atoms with Crippen molar-refractivity contribution in [2.45, 2.75) is 18.9 Å². The Morgan fingerprint density at radius 1 is 1.19 bits per heavy atom. The van der Waals surface area contributed by atoms with E-state index in [2.05, 4.69) is 15.1 Å². The predicted octanol–water partition coefficient (Wildman–Crippen LogP) is 4.56. The van der Waals surface area contributed by atoms with Crippen molar-refractivity contribution >= 4 is 39.1 Å².